The van der Waals surface area contributed by atoms with Gasteiger partial charge >= 0.3 is 5.97 Å². The summed E-state index contributed by atoms with van der Waals surface area (Å²) in [6, 6.07) is 0. The van der Waals surface area contributed by atoms with Crippen molar-refractivity contribution in [1.82, 2.24) is 0 Å². The second-order valence-electron chi connectivity index (χ2n) is 4.81. The third-order valence-electron chi connectivity index (χ3n) is 3.84. The predicted molar refractivity (Wildman–Crippen MR) is 61.0 cm³/mol. The zero-order valence-corrected chi connectivity index (χ0v) is 9.74. The molecule has 3 nitrogen and oxygen atoms in total. The maximum atomic E-state index is 11.5. The van der Waals surface area contributed by atoms with Gasteiger partial charge in [0.2, 0.25) is 0 Å². The van der Waals surface area contributed by atoms with E-state index in [1.54, 1.807) is 0 Å². The molecule has 0 bridgehead atoms. The minimum absolute atomic E-state index is 0.264. The zero-order chi connectivity index (χ0) is 11.4. The molecule has 1 aliphatic carbocycles. The van der Waals surface area contributed by atoms with E-state index in [0.29, 0.717) is 5.92 Å². The molecule has 3 heteroatoms. The van der Waals surface area contributed by atoms with Gasteiger partial charge < -0.3 is 9.47 Å². The molecule has 16 heavy (non-hydrogen) atoms. The van der Waals surface area contributed by atoms with Gasteiger partial charge in [-0.05, 0) is 32.1 Å². The van der Waals surface area contributed by atoms with Crippen LogP contribution < -0.4 is 0 Å². The Balaban J connectivity index is 2.09. The highest BCUT2D eigenvalue weighted by atomic mass is 16.6. The van der Waals surface area contributed by atoms with Crippen molar-refractivity contribution in [3.05, 3.63) is 12.7 Å². The molecule has 2 fully saturated rings. The fraction of sp³-hybridized carbons (Fsp3) is 0.769. The van der Waals surface area contributed by atoms with Crippen molar-refractivity contribution in [2.75, 3.05) is 13.2 Å². The van der Waals surface area contributed by atoms with Gasteiger partial charge in [-0.1, -0.05) is 13.0 Å². The molecule has 90 valence electrons. The monoisotopic (exact) mass is 224 g/mol. The molecule has 0 spiro atoms. The van der Waals surface area contributed by atoms with Crippen molar-refractivity contribution in [2.45, 2.75) is 44.1 Å². The smallest absolute Gasteiger partial charge is 0.330 e. The number of hydrogen-bond donors (Lipinski definition) is 0. The third-order valence-corrected chi connectivity index (χ3v) is 3.84. The summed E-state index contributed by atoms with van der Waals surface area (Å²) in [5.74, 6) is 0.102. The normalized spacial score (nSPS) is 28.6. The lowest BCUT2D eigenvalue weighted by atomic mass is 9.75. The molecule has 0 amide bonds. The highest BCUT2D eigenvalue weighted by Crippen LogP contribution is 2.41. The van der Waals surface area contributed by atoms with Gasteiger partial charge in [-0.2, -0.15) is 0 Å². The first-order valence-corrected chi connectivity index (χ1v) is 6.20. The third kappa shape index (κ3) is 2.29. The predicted octanol–water partition coefficient (Wildman–Crippen LogP) is 2.46. The van der Waals surface area contributed by atoms with Crippen LogP contribution in [-0.2, 0) is 14.3 Å². The second-order valence-corrected chi connectivity index (χ2v) is 4.81. The minimum Gasteiger partial charge on any atom is -0.456 e. The molecule has 2 rings (SSSR count). The van der Waals surface area contributed by atoms with Gasteiger partial charge in [0, 0.05) is 18.6 Å². The van der Waals surface area contributed by atoms with Crippen LogP contribution in [0.2, 0.25) is 0 Å². The molecule has 1 heterocycles. The summed E-state index contributed by atoms with van der Waals surface area (Å²) < 4.78 is 11.1. The summed E-state index contributed by atoms with van der Waals surface area (Å²) in [6.45, 7) is 5.02. The van der Waals surface area contributed by atoms with Gasteiger partial charge in [0.25, 0.3) is 0 Å². The van der Waals surface area contributed by atoms with E-state index in [1.165, 1.54) is 12.5 Å². The number of carbonyl (C=O) groups excluding carboxylic acids is 1. The lowest BCUT2D eigenvalue weighted by Gasteiger charge is -2.40. The van der Waals surface area contributed by atoms with Crippen LogP contribution in [0, 0.1) is 5.92 Å². The van der Waals surface area contributed by atoms with Gasteiger partial charge in [0.1, 0.15) is 5.60 Å². The molecule has 2 aliphatic rings. The average Bonchev–Trinajstić information content (AvgIpc) is 2.84. The van der Waals surface area contributed by atoms with Gasteiger partial charge in [-0.15, -0.1) is 0 Å². The molecule has 0 aromatic heterocycles. The van der Waals surface area contributed by atoms with Crippen LogP contribution in [0.4, 0.5) is 0 Å². The second kappa shape index (κ2) is 5.00. The summed E-state index contributed by atoms with van der Waals surface area (Å²) in [5, 5.41) is 0. The molecule has 0 radical (unpaired) electrons. The van der Waals surface area contributed by atoms with E-state index >= 15 is 0 Å². The minimum atomic E-state index is -0.284. The first kappa shape index (κ1) is 11.6. The Labute approximate surface area is 96.8 Å². The highest BCUT2D eigenvalue weighted by molar-refractivity contribution is 5.81. The van der Waals surface area contributed by atoms with Gasteiger partial charge in [-0.25, -0.2) is 4.79 Å². The number of rotatable bonds is 3. The van der Waals surface area contributed by atoms with E-state index in [4.69, 9.17) is 9.47 Å². The molecule has 1 atom stereocenters. The van der Waals surface area contributed by atoms with Crippen molar-refractivity contribution < 1.29 is 14.3 Å². The number of esters is 1. The van der Waals surface area contributed by atoms with Crippen LogP contribution >= 0.6 is 0 Å². The fourth-order valence-corrected chi connectivity index (χ4v) is 2.94. The van der Waals surface area contributed by atoms with E-state index in [2.05, 4.69) is 6.58 Å². The van der Waals surface area contributed by atoms with E-state index < -0.39 is 0 Å². The maximum absolute atomic E-state index is 11.5. The molecule has 0 aromatic rings. The summed E-state index contributed by atoms with van der Waals surface area (Å²) in [5.41, 5.74) is -0.264. The fourth-order valence-electron chi connectivity index (χ4n) is 2.94. The topological polar surface area (TPSA) is 35.5 Å². The van der Waals surface area contributed by atoms with Gasteiger partial charge in [-0.3, -0.25) is 0 Å². The van der Waals surface area contributed by atoms with Crippen LogP contribution in [-0.4, -0.2) is 24.8 Å². The summed E-state index contributed by atoms with van der Waals surface area (Å²) in [6.07, 6.45) is 7.82. The molecule has 1 unspecified atom stereocenters. The Bertz CT molecular complexity index is 260. The Kier molecular flexibility index (Phi) is 3.64. The van der Waals surface area contributed by atoms with Crippen LogP contribution in [0.25, 0.3) is 0 Å². The molecule has 1 aliphatic heterocycles. The van der Waals surface area contributed by atoms with E-state index in [-0.39, 0.29) is 11.6 Å². The SMILES string of the molecule is C=CC(=O)OC1(C2CCOC2)CCCCC1. The molecule has 0 N–H and O–H groups in total. The number of hydrogen-bond acceptors (Lipinski definition) is 3. The first-order chi connectivity index (χ1) is 7.77. The van der Waals surface area contributed by atoms with E-state index in [1.807, 2.05) is 0 Å². The van der Waals surface area contributed by atoms with Crippen LogP contribution in [0.15, 0.2) is 12.7 Å². The molecule has 1 saturated carbocycles. The van der Waals surface area contributed by atoms with Crippen LogP contribution in [0.3, 0.4) is 0 Å². The van der Waals surface area contributed by atoms with E-state index in [0.717, 1.165) is 45.3 Å². The Morgan fingerprint density at radius 1 is 1.38 bits per heavy atom. The Morgan fingerprint density at radius 3 is 2.69 bits per heavy atom. The Hall–Kier alpha value is -0.830. The van der Waals surface area contributed by atoms with Crippen LogP contribution in [0.5, 0.6) is 0 Å². The lowest BCUT2D eigenvalue weighted by molar-refractivity contribution is -0.165. The molecule has 0 aromatic carbocycles. The maximum Gasteiger partial charge on any atom is 0.330 e. The highest BCUT2D eigenvalue weighted by Gasteiger charge is 2.44. The van der Waals surface area contributed by atoms with Crippen molar-refractivity contribution in [1.29, 1.82) is 0 Å². The molecular formula is C13H20O3. The largest absolute Gasteiger partial charge is 0.456 e. The summed E-state index contributed by atoms with van der Waals surface area (Å²) in [4.78, 5) is 11.5. The molecular weight excluding hydrogens is 204 g/mol. The van der Waals surface area contributed by atoms with Crippen molar-refractivity contribution in [2.24, 2.45) is 5.92 Å². The van der Waals surface area contributed by atoms with E-state index in [9.17, 15) is 4.79 Å². The van der Waals surface area contributed by atoms with Crippen LogP contribution in [0.1, 0.15) is 38.5 Å². The Morgan fingerprint density at radius 2 is 2.12 bits per heavy atom. The average molecular weight is 224 g/mol. The number of carbonyl (C=O) groups is 1. The standard InChI is InChI=1S/C13H20O3/c1-2-12(14)16-13(7-4-3-5-8-13)11-6-9-15-10-11/h2,11H,1,3-10H2. The number of ether oxygens (including phenoxy) is 2. The van der Waals surface area contributed by atoms with Gasteiger partial charge in [0.05, 0.1) is 6.61 Å². The summed E-state index contributed by atoms with van der Waals surface area (Å²) in [7, 11) is 0. The first-order valence-electron chi connectivity index (χ1n) is 6.20. The quantitative estimate of drug-likeness (QED) is 0.545. The molecule has 1 saturated heterocycles. The summed E-state index contributed by atoms with van der Waals surface area (Å²) >= 11 is 0. The van der Waals surface area contributed by atoms with Crippen molar-refractivity contribution in [3.8, 4) is 0 Å². The van der Waals surface area contributed by atoms with Gasteiger partial charge in [0.15, 0.2) is 0 Å². The van der Waals surface area contributed by atoms with Crippen molar-refractivity contribution >= 4 is 5.97 Å². The van der Waals surface area contributed by atoms with Crippen molar-refractivity contribution in [3.63, 3.8) is 0 Å². The zero-order valence-electron chi connectivity index (χ0n) is 9.74. The lowest BCUT2D eigenvalue weighted by Crippen LogP contribution is -2.44.